The molecular weight excluding hydrogens is 272 g/mol. The molecule has 3 aromatic carbocycles. The average Bonchev–Trinajstić information content (AvgIpc) is 2.59. The maximum absolute atomic E-state index is 9.19. The Morgan fingerprint density at radius 1 is 0.909 bits per heavy atom. The van der Waals surface area contributed by atoms with Gasteiger partial charge < -0.3 is 4.84 Å². The summed E-state index contributed by atoms with van der Waals surface area (Å²) in [6.07, 6.45) is 0. The Morgan fingerprint density at radius 3 is 2.45 bits per heavy atom. The van der Waals surface area contributed by atoms with Crippen LogP contribution in [0.25, 0.3) is 10.8 Å². The van der Waals surface area contributed by atoms with Crippen molar-refractivity contribution in [2.75, 3.05) is 0 Å². The van der Waals surface area contributed by atoms with Crippen LogP contribution in [-0.4, -0.2) is 5.71 Å². The summed E-state index contributed by atoms with van der Waals surface area (Å²) in [6, 6.07) is 25.6. The van der Waals surface area contributed by atoms with Gasteiger partial charge in [-0.2, -0.15) is 5.26 Å². The van der Waals surface area contributed by atoms with Crippen LogP contribution >= 0.6 is 0 Å². The van der Waals surface area contributed by atoms with Gasteiger partial charge in [0.25, 0.3) is 0 Å². The predicted octanol–water partition coefficient (Wildman–Crippen LogP) is 4.28. The van der Waals surface area contributed by atoms with Crippen molar-refractivity contribution in [3.8, 4) is 6.07 Å². The second kappa shape index (κ2) is 6.55. The Bertz CT molecular complexity index is 843. The van der Waals surface area contributed by atoms with Crippen LogP contribution in [0.2, 0.25) is 0 Å². The van der Waals surface area contributed by atoms with E-state index in [1.807, 2.05) is 54.6 Å². The molecule has 0 aliphatic carbocycles. The molecule has 0 N–H and O–H groups in total. The van der Waals surface area contributed by atoms with Gasteiger partial charge >= 0.3 is 0 Å². The fraction of sp³-hybridized carbons (Fsp3) is 0.0526. The second-order valence-corrected chi connectivity index (χ2v) is 4.83. The summed E-state index contributed by atoms with van der Waals surface area (Å²) in [5, 5.41) is 15.5. The molecule has 0 atom stereocenters. The number of hydrogen-bond acceptors (Lipinski definition) is 3. The van der Waals surface area contributed by atoms with Crippen molar-refractivity contribution in [2.45, 2.75) is 6.61 Å². The van der Waals surface area contributed by atoms with Gasteiger partial charge in [-0.25, -0.2) is 0 Å². The van der Waals surface area contributed by atoms with E-state index in [0.717, 1.165) is 21.9 Å². The van der Waals surface area contributed by atoms with Gasteiger partial charge in [0.15, 0.2) is 5.71 Å². The minimum absolute atomic E-state index is 0.279. The SMILES string of the molecule is N#C/C(=N/OCc1cccc2ccccc12)c1ccccc1. The molecule has 0 aliphatic heterocycles. The lowest BCUT2D eigenvalue weighted by Crippen LogP contribution is -1.99. The van der Waals surface area contributed by atoms with Crippen molar-refractivity contribution in [3.05, 3.63) is 83.9 Å². The van der Waals surface area contributed by atoms with E-state index in [1.54, 1.807) is 0 Å². The molecule has 0 saturated carbocycles. The molecule has 3 aromatic rings. The highest BCUT2D eigenvalue weighted by atomic mass is 16.6. The number of rotatable bonds is 4. The summed E-state index contributed by atoms with van der Waals surface area (Å²) in [6.45, 7) is 0.333. The Kier molecular flexibility index (Phi) is 4.12. The summed E-state index contributed by atoms with van der Waals surface area (Å²) in [5.41, 5.74) is 2.08. The smallest absolute Gasteiger partial charge is 0.186 e. The third-order valence-corrected chi connectivity index (χ3v) is 3.41. The van der Waals surface area contributed by atoms with Crippen molar-refractivity contribution in [1.82, 2.24) is 0 Å². The standard InChI is InChI=1S/C19H14N2O/c20-13-19(16-8-2-1-3-9-16)21-22-14-17-11-6-10-15-7-4-5-12-18(15)17/h1-12H,14H2/b21-19-. The number of fused-ring (bicyclic) bond motifs is 1. The molecule has 0 heterocycles. The number of nitriles is 1. The van der Waals surface area contributed by atoms with E-state index in [1.165, 1.54) is 0 Å². The third kappa shape index (κ3) is 2.97. The lowest BCUT2D eigenvalue weighted by molar-refractivity contribution is 0.132. The van der Waals surface area contributed by atoms with Crippen LogP contribution in [0.15, 0.2) is 78.0 Å². The highest BCUT2D eigenvalue weighted by molar-refractivity contribution is 6.11. The molecule has 0 radical (unpaired) electrons. The topological polar surface area (TPSA) is 45.4 Å². The highest BCUT2D eigenvalue weighted by Gasteiger charge is 2.03. The fourth-order valence-electron chi connectivity index (χ4n) is 2.32. The van der Waals surface area contributed by atoms with Gasteiger partial charge in [0.2, 0.25) is 0 Å². The zero-order valence-electron chi connectivity index (χ0n) is 11.9. The molecule has 0 amide bonds. The van der Waals surface area contributed by atoms with Crippen LogP contribution in [0.5, 0.6) is 0 Å². The summed E-state index contributed by atoms with van der Waals surface area (Å²) in [5.74, 6) is 0. The molecule has 0 saturated heterocycles. The maximum atomic E-state index is 9.19. The minimum Gasteiger partial charge on any atom is -0.390 e. The number of hydrogen-bond donors (Lipinski definition) is 0. The Labute approximate surface area is 129 Å². The first-order chi connectivity index (χ1) is 10.9. The third-order valence-electron chi connectivity index (χ3n) is 3.41. The molecule has 3 rings (SSSR count). The van der Waals surface area contributed by atoms with E-state index >= 15 is 0 Å². The van der Waals surface area contributed by atoms with Gasteiger partial charge in [0, 0.05) is 5.56 Å². The number of nitrogens with zero attached hydrogens (tertiary/aromatic N) is 2. The molecule has 0 bridgehead atoms. The van der Waals surface area contributed by atoms with Crippen LogP contribution in [0.3, 0.4) is 0 Å². The summed E-state index contributed by atoms with van der Waals surface area (Å²) in [7, 11) is 0. The van der Waals surface area contributed by atoms with Gasteiger partial charge in [0.1, 0.15) is 12.7 Å². The first-order valence-corrected chi connectivity index (χ1v) is 7.00. The Morgan fingerprint density at radius 2 is 1.64 bits per heavy atom. The molecule has 0 spiro atoms. The van der Waals surface area contributed by atoms with E-state index in [-0.39, 0.29) is 5.71 Å². The minimum atomic E-state index is 0.279. The van der Waals surface area contributed by atoms with Gasteiger partial charge in [-0.05, 0) is 16.3 Å². The van der Waals surface area contributed by atoms with E-state index in [2.05, 4.69) is 29.4 Å². The molecule has 0 fully saturated rings. The van der Waals surface area contributed by atoms with Crippen LogP contribution in [0.1, 0.15) is 11.1 Å². The number of oxime groups is 1. The monoisotopic (exact) mass is 286 g/mol. The van der Waals surface area contributed by atoms with E-state index in [4.69, 9.17) is 4.84 Å². The normalized spacial score (nSPS) is 11.1. The summed E-state index contributed by atoms with van der Waals surface area (Å²) >= 11 is 0. The molecule has 106 valence electrons. The molecule has 0 aliphatic rings. The predicted molar refractivity (Wildman–Crippen MR) is 87.3 cm³/mol. The van der Waals surface area contributed by atoms with Crippen molar-refractivity contribution >= 4 is 16.5 Å². The molecule has 22 heavy (non-hydrogen) atoms. The zero-order chi connectivity index (χ0) is 15.2. The summed E-state index contributed by atoms with van der Waals surface area (Å²) in [4.78, 5) is 5.40. The highest BCUT2D eigenvalue weighted by Crippen LogP contribution is 2.19. The maximum Gasteiger partial charge on any atom is 0.186 e. The van der Waals surface area contributed by atoms with E-state index in [0.29, 0.717) is 6.61 Å². The van der Waals surface area contributed by atoms with Crippen LogP contribution in [0.4, 0.5) is 0 Å². The van der Waals surface area contributed by atoms with Crippen LogP contribution in [0, 0.1) is 11.3 Å². The Balaban J connectivity index is 1.80. The van der Waals surface area contributed by atoms with E-state index < -0.39 is 0 Å². The Hall–Kier alpha value is -3.12. The van der Waals surface area contributed by atoms with Crippen molar-refractivity contribution < 1.29 is 4.84 Å². The average molecular weight is 286 g/mol. The van der Waals surface area contributed by atoms with Crippen LogP contribution in [-0.2, 0) is 11.4 Å². The van der Waals surface area contributed by atoms with Crippen molar-refractivity contribution in [1.29, 1.82) is 5.26 Å². The van der Waals surface area contributed by atoms with Gasteiger partial charge in [0.05, 0.1) is 0 Å². The largest absolute Gasteiger partial charge is 0.390 e. The van der Waals surface area contributed by atoms with Gasteiger partial charge in [-0.15, -0.1) is 0 Å². The van der Waals surface area contributed by atoms with Crippen molar-refractivity contribution in [2.24, 2.45) is 5.16 Å². The van der Waals surface area contributed by atoms with Crippen molar-refractivity contribution in [3.63, 3.8) is 0 Å². The lowest BCUT2D eigenvalue weighted by Gasteiger charge is -2.05. The van der Waals surface area contributed by atoms with Crippen LogP contribution < -0.4 is 0 Å². The van der Waals surface area contributed by atoms with E-state index in [9.17, 15) is 5.26 Å². The quantitative estimate of drug-likeness (QED) is 0.530. The fourth-order valence-corrected chi connectivity index (χ4v) is 2.32. The molecule has 3 nitrogen and oxygen atoms in total. The second-order valence-electron chi connectivity index (χ2n) is 4.83. The van der Waals surface area contributed by atoms with Gasteiger partial charge in [-0.3, -0.25) is 0 Å². The molecule has 3 heteroatoms. The summed E-state index contributed by atoms with van der Waals surface area (Å²) < 4.78 is 0. The lowest BCUT2D eigenvalue weighted by atomic mass is 10.1. The first kappa shape index (κ1) is 13.8. The first-order valence-electron chi connectivity index (χ1n) is 7.00. The molecular formula is C19H14N2O. The zero-order valence-corrected chi connectivity index (χ0v) is 11.9. The molecule has 0 aromatic heterocycles. The molecule has 0 unspecified atom stereocenters. The number of benzene rings is 3. The van der Waals surface area contributed by atoms with Gasteiger partial charge in [-0.1, -0.05) is 78.0 Å².